The van der Waals surface area contributed by atoms with E-state index in [0.717, 1.165) is 0 Å². The lowest BCUT2D eigenvalue weighted by molar-refractivity contribution is -0.120. The van der Waals surface area contributed by atoms with Crippen molar-refractivity contribution in [3.63, 3.8) is 0 Å². The van der Waals surface area contributed by atoms with E-state index in [4.69, 9.17) is 4.74 Å². The molecule has 0 radical (unpaired) electrons. The molecule has 3 N–H and O–H groups in total. The van der Waals surface area contributed by atoms with Crippen molar-refractivity contribution >= 4 is 21.8 Å². The quantitative estimate of drug-likeness (QED) is 0.509. The summed E-state index contributed by atoms with van der Waals surface area (Å²) in [5.74, 6) is -0.178. The Hall–Kier alpha value is -2.91. The van der Waals surface area contributed by atoms with Crippen LogP contribution in [0, 0.1) is 0 Å². The fourth-order valence-electron chi connectivity index (χ4n) is 2.27. The third-order valence-electron chi connectivity index (χ3n) is 3.63. The molecular formula is C19H23N3O5S. The van der Waals surface area contributed by atoms with Crippen molar-refractivity contribution in [2.75, 3.05) is 26.2 Å². The first kappa shape index (κ1) is 21.4. The second-order valence-electron chi connectivity index (χ2n) is 5.70. The summed E-state index contributed by atoms with van der Waals surface area (Å²) in [5, 5.41) is 5.03. The topological polar surface area (TPSA) is 114 Å². The second kappa shape index (κ2) is 10.4. The maximum atomic E-state index is 12.2. The molecule has 28 heavy (non-hydrogen) atoms. The first-order valence-electron chi connectivity index (χ1n) is 8.75. The number of amides is 2. The highest BCUT2D eigenvalue weighted by atomic mass is 32.2. The molecule has 8 nitrogen and oxygen atoms in total. The van der Waals surface area contributed by atoms with Gasteiger partial charge in [0.25, 0.3) is 5.91 Å². The van der Waals surface area contributed by atoms with Crippen LogP contribution in [0.4, 0.5) is 0 Å². The molecule has 0 atom stereocenters. The molecule has 2 amide bonds. The van der Waals surface area contributed by atoms with Gasteiger partial charge < -0.3 is 15.4 Å². The van der Waals surface area contributed by atoms with E-state index in [1.807, 2.05) is 6.92 Å². The summed E-state index contributed by atoms with van der Waals surface area (Å²) in [6.07, 6.45) is 0. The Balaban J connectivity index is 1.71. The summed E-state index contributed by atoms with van der Waals surface area (Å²) in [6.45, 7) is 2.26. The normalized spacial score (nSPS) is 10.9. The molecule has 150 valence electrons. The van der Waals surface area contributed by atoms with Crippen molar-refractivity contribution in [1.82, 2.24) is 15.4 Å². The van der Waals surface area contributed by atoms with Crippen LogP contribution in [0.15, 0.2) is 59.5 Å². The molecule has 0 aliphatic carbocycles. The lowest BCUT2D eigenvalue weighted by atomic mass is 10.2. The SMILES string of the molecule is CCOc1ccc(S(=O)(=O)NCCNC(=O)CNC(=O)c2ccccc2)cc1. The average molecular weight is 405 g/mol. The molecule has 0 heterocycles. The van der Waals surface area contributed by atoms with E-state index in [1.165, 1.54) is 12.1 Å². The zero-order valence-electron chi connectivity index (χ0n) is 15.5. The van der Waals surface area contributed by atoms with Gasteiger partial charge in [0.15, 0.2) is 0 Å². The van der Waals surface area contributed by atoms with Gasteiger partial charge in [0.2, 0.25) is 15.9 Å². The molecule has 0 aromatic heterocycles. The van der Waals surface area contributed by atoms with Crippen molar-refractivity contribution in [3.8, 4) is 5.75 Å². The molecule has 2 rings (SSSR count). The summed E-state index contributed by atoms with van der Waals surface area (Å²) in [4.78, 5) is 23.7. The molecule has 9 heteroatoms. The molecule has 0 bridgehead atoms. The largest absolute Gasteiger partial charge is 0.494 e. The fraction of sp³-hybridized carbons (Fsp3) is 0.263. The second-order valence-corrected chi connectivity index (χ2v) is 7.47. The molecule has 2 aromatic carbocycles. The standard InChI is InChI=1S/C19H23N3O5S/c1-2-27-16-8-10-17(11-9-16)28(25,26)22-13-12-20-18(23)14-21-19(24)15-6-4-3-5-7-15/h3-11,22H,2,12-14H2,1H3,(H,20,23)(H,21,24). The van der Waals surface area contributed by atoms with Gasteiger partial charge in [-0.3, -0.25) is 9.59 Å². The number of rotatable bonds is 10. The van der Waals surface area contributed by atoms with E-state index in [0.29, 0.717) is 17.9 Å². The molecule has 0 spiro atoms. The molecule has 0 unspecified atom stereocenters. The van der Waals surface area contributed by atoms with Gasteiger partial charge in [-0.25, -0.2) is 13.1 Å². The molecule has 0 fully saturated rings. The number of hydrogen-bond donors (Lipinski definition) is 3. The molecule has 0 saturated heterocycles. The lowest BCUT2D eigenvalue weighted by Crippen LogP contribution is -2.40. The Morgan fingerprint density at radius 2 is 1.61 bits per heavy atom. The Morgan fingerprint density at radius 1 is 0.929 bits per heavy atom. The summed E-state index contributed by atoms with van der Waals surface area (Å²) in [7, 11) is -3.68. The highest BCUT2D eigenvalue weighted by Crippen LogP contribution is 2.15. The average Bonchev–Trinajstić information content (AvgIpc) is 2.71. The van der Waals surface area contributed by atoms with E-state index in [-0.39, 0.29) is 30.4 Å². The first-order valence-corrected chi connectivity index (χ1v) is 10.2. The smallest absolute Gasteiger partial charge is 0.251 e. The van der Waals surface area contributed by atoms with Gasteiger partial charge in [-0.2, -0.15) is 0 Å². The van der Waals surface area contributed by atoms with E-state index in [2.05, 4.69) is 15.4 Å². The monoisotopic (exact) mass is 405 g/mol. The minimum atomic E-state index is -3.68. The summed E-state index contributed by atoms with van der Waals surface area (Å²) in [5.41, 5.74) is 0.457. The van der Waals surface area contributed by atoms with Gasteiger partial charge in [-0.05, 0) is 43.3 Å². The van der Waals surface area contributed by atoms with E-state index in [9.17, 15) is 18.0 Å². The van der Waals surface area contributed by atoms with Gasteiger partial charge >= 0.3 is 0 Å². The van der Waals surface area contributed by atoms with E-state index >= 15 is 0 Å². The lowest BCUT2D eigenvalue weighted by Gasteiger charge is -2.09. The fourth-order valence-corrected chi connectivity index (χ4v) is 3.30. The molecule has 0 aliphatic heterocycles. The van der Waals surface area contributed by atoms with Crippen molar-refractivity contribution in [1.29, 1.82) is 0 Å². The Labute approximate surface area is 164 Å². The Morgan fingerprint density at radius 3 is 2.25 bits per heavy atom. The summed E-state index contributed by atoms with van der Waals surface area (Å²) >= 11 is 0. The van der Waals surface area contributed by atoms with Crippen LogP contribution in [0.2, 0.25) is 0 Å². The number of hydrogen-bond acceptors (Lipinski definition) is 5. The van der Waals surface area contributed by atoms with Crippen LogP contribution in [0.1, 0.15) is 17.3 Å². The summed E-state index contributed by atoms with van der Waals surface area (Å²) < 4.78 is 32.1. The maximum Gasteiger partial charge on any atom is 0.251 e. The van der Waals surface area contributed by atoms with Crippen LogP contribution >= 0.6 is 0 Å². The van der Waals surface area contributed by atoms with Crippen LogP contribution in [-0.4, -0.2) is 46.5 Å². The predicted octanol–water partition coefficient (Wildman–Crippen LogP) is 0.910. The summed E-state index contributed by atoms with van der Waals surface area (Å²) in [6, 6.07) is 14.6. The van der Waals surface area contributed by atoms with Crippen LogP contribution in [0.25, 0.3) is 0 Å². The van der Waals surface area contributed by atoms with Crippen LogP contribution < -0.4 is 20.1 Å². The number of sulfonamides is 1. The third-order valence-corrected chi connectivity index (χ3v) is 5.11. The molecular weight excluding hydrogens is 382 g/mol. The molecule has 2 aromatic rings. The van der Waals surface area contributed by atoms with Gasteiger partial charge in [0, 0.05) is 18.7 Å². The van der Waals surface area contributed by atoms with Crippen LogP contribution in [0.5, 0.6) is 5.75 Å². The minimum absolute atomic E-state index is 0.0217. The zero-order chi connectivity index (χ0) is 20.4. The van der Waals surface area contributed by atoms with Crippen molar-refractivity contribution in [2.24, 2.45) is 0 Å². The number of nitrogens with one attached hydrogen (secondary N) is 3. The Bertz CT molecular complexity index is 884. The first-order chi connectivity index (χ1) is 13.4. The van der Waals surface area contributed by atoms with Gasteiger partial charge in [-0.15, -0.1) is 0 Å². The van der Waals surface area contributed by atoms with Gasteiger partial charge in [0.05, 0.1) is 18.0 Å². The zero-order valence-corrected chi connectivity index (χ0v) is 16.3. The van der Waals surface area contributed by atoms with E-state index < -0.39 is 15.9 Å². The van der Waals surface area contributed by atoms with Gasteiger partial charge in [-0.1, -0.05) is 18.2 Å². The van der Waals surface area contributed by atoms with Crippen LogP contribution in [0.3, 0.4) is 0 Å². The molecule has 0 saturated carbocycles. The minimum Gasteiger partial charge on any atom is -0.494 e. The van der Waals surface area contributed by atoms with Crippen molar-refractivity contribution in [2.45, 2.75) is 11.8 Å². The highest BCUT2D eigenvalue weighted by molar-refractivity contribution is 7.89. The third kappa shape index (κ3) is 6.67. The Kier molecular flexibility index (Phi) is 7.97. The van der Waals surface area contributed by atoms with Gasteiger partial charge in [0.1, 0.15) is 5.75 Å². The van der Waals surface area contributed by atoms with Crippen molar-refractivity contribution < 1.29 is 22.7 Å². The number of benzene rings is 2. The highest BCUT2D eigenvalue weighted by Gasteiger charge is 2.13. The maximum absolute atomic E-state index is 12.2. The number of carbonyl (C=O) groups excluding carboxylic acids is 2. The number of carbonyl (C=O) groups is 2. The van der Waals surface area contributed by atoms with E-state index in [1.54, 1.807) is 42.5 Å². The van der Waals surface area contributed by atoms with Crippen molar-refractivity contribution in [3.05, 3.63) is 60.2 Å². The number of ether oxygens (including phenoxy) is 1. The van der Waals surface area contributed by atoms with Crippen LogP contribution in [-0.2, 0) is 14.8 Å². The molecule has 0 aliphatic rings. The predicted molar refractivity (Wildman–Crippen MR) is 105 cm³/mol.